The summed E-state index contributed by atoms with van der Waals surface area (Å²) in [5, 5.41) is 3.59. The molecule has 0 fully saturated rings. The minimum Gasteiger partial charge on any atom is -0.310 e. The van der Waals surface area contributed by atoms with E-state index in [1.54, 1.807) is 11.3 Å². The maximum absolute atomic E-state index is 5.05. The van der Waals surface area contributed by atoms with Gasteiger partial charge in [0, 0.05) is 28.0 Å². The molecule has 0 N–H and O–H groups in total. The van der Waals surface area contributed by atoms with Crippen LogP contribution in [-0.4, -0.2) is 4.98 Å². The molecule has 0 bridgehead atoms. The SMILES string of the molecule is CC1(C)c2cc3cc(N(c4ccccc4)c4ccccc4)ccc3cc2-c2cc3sc(-c4ccccc4)nc3cc21. The average Bonchev–Trinajstić information content (AvgIpc) is 3.53. The Morgan fingerprint density at radius 3 is 1.85 bits per heavy atom. The molecule has 6 aromatic carbocycles. The smallest absolute Gasteiger partial charge is 0.124 e. The second kappa shape index (κ2) is 9.15. The van der Waals surface area contributed by atoms with E-state index >= 15 is 0 Å². The van der Waals surface area contributed by atoms with Crippen molar-refractivity contribution in [1.82, 2.24) is 4.98 Å². The van der Waals surface area contributed by atoms with Gasteiger partial charge in [-0.3, -0.25) is 0 Å². The standard InChI is InChI=1S/C38H28N2S/c1-38(2)33-22-27-20-30(40(28-14-8-4-9-15-28)29-16-10-5-11-17-29)19-18-26(27)21-31(33)32-23-36-35(24-34(32)38)39-37(41-36)25-12-6-3-7-13-25/h3-24H,1-2H3. The number of anilines is 3. The van der Waals surface area contributed by atoms with Crippen LogP contribution in [0, 0.1) is 0 Å². The molecule has 0 saturated heterocycles. The zero-order chi connectivity index (χ0) is 27.6. The monoisotopic (exact) mass is 544 g/mol. The van der Waals surface area contributed by atoms with Gasteiger partial charge in [0.1, 0.15) is 5.01 Å². The van der Waals surface area contributed by atoms with Gasteiger partial charge in [-0.15, -0.1) is 11.3 Å². The number of para-hydroxylation sites is 2. The van der Waals surface area contributed by atoms with Crippen LogP contribution in [0.5, 0.6) is 0 Å². The number of hydrogen-bond donors (Lipinski definition) is 0. The van der Waals surface area contributed by atoms with E-state index in [9.17, 15) is 0 Å². The van der Waals surface area contributed by atoms with E-state index in [0.29, 0.717) is 0 Å². The second-order valence-electron chi connectivity index (χ2n) is 11.3. The summed E-state index contributed by atoms with van der Waals surface area (Å²) < 4.78 is 1.24. The molecule has 0 amide bonds. The van der Waals surface area contributed by atoms with E-state index in [1.165, 1.54) is 43.3 Å². The van der Waals surface area contributed by atoms with Gasteiger partial charge in [0.25, 0.3) is 0 Å². The zero-order valence-corrected chi connectivity index (χ0v) is 23.8. The first-order valence-electron chi connectivity index (χ1n) is 14.1. The van der Waals surface area contributed by atoms with Gasteiger partial charge in [-0.1, -0.05) is 86.6 Å². The molecule has 1 aliphatic rings. The summed E-state index contributed by atoms with van der Waals surface area (Å²) in [6, 6.07) is 48.1. The topological polar surface area (TPSA) is 16.1 Å². The van der Waals surface area contributed by atoms with Crippen LogP contribution in [0.4, 0.5) is 17.1 Å². The predicted molar refractivity (Wildman–Crippen MR) is 175 cm³/mol. The summed E-state index contributed by atoms with van der Waals surface area (Å²) in [7, 11) is 0. The summed E-state index contributed by atoms with van der Waals surface area (Å²) in [6.07, 6.45) is 0. The van der Waals surface area contributed by atoms with Crippen LogP contribution in [-0.2, 0) is 5.41 Å². The molecule has 0 aliphatic heterocycles. The van der Waals surface area contributed by atoms with Crippen LogP contribution in [0.2, 0.25) is 0 Å². The molecular weight excluding hydrogens is 516 g/mol. The number of thiazole rings is 1. The van der Waals surface area contributed by atoms with Crippen LogP contribution in [0.1, 0.15) is 25.0 Å². The van der Waals surface area contributed by atoms with Crippen LogP contribution < -0.4 is 4.90 Å². The molecule has 0 atom stereocenters. The van der Waals surface area contributed by atoms with Crippen molar-refractivity contribution >= 4 is 49.4 Å². The highest BCUT2D eigenvalue weighted by atomic mass is 32.1. The largest absolute Gasteiger partial charge is 0.310 e. The minimum atomic E-state index is -0.113. The highest BCUT2D eigenvalue weighted by Crippen LogP contribution is 2.52. The Hall–Kier alpha value is -4.73. The van der Waals surface area contributed by atoms with Crippen molar-refractivity contribution in [2.45, 2.75) is 19.3 Å². The lowest BCUT2D eigenvalue weighted by Crippen LogP contribution is -2.15. The van der Waals surface area contributed by atoms with E-state index in [0.717, 1.165) is 27.6 Å². The molecule has 0 unspecified atom stereocenters. The Balaban J connectivity index is 1.27. The molecule has 196 valence electrons. The lowest BCUT2D eigenvalue weighted by Gasteiger charge is -2.26. The van der Waals surface area contributed by atoms with E-state index in [1.807, 2.05) is 0 Å². The van der Waals surface area contributed by atoms with Gasteiger partial charge >= 0.3 is 0 Å². The third kappa shape index (κ3) is 3.88. The molecule has 7 aromatic rings. The number of benzene rings is 6. The summed E-state index contributed by atoms with van der Waals surface area (Å²) in [6.45, 7) is 4.70. The van der Waals surface area contributed by atoms with Crippen molar-refractivity contribution in [3.63, 3.8) is 0 Å². The number of rotatable bonds is 4. The van der Waals surface area contributed by atoms with E-state index in [2.05, 4.69) is 152 Å². The molecule has 0 radical (unpaired) electrons. The maximum Gasteiger partial charge on any atom is 0.124 e. The summed E-state index contributed by atoms with van der Waals surface area (Å²) in [4.78, 5) is 7.38. The van der Waals surface area contributed by atoms with Gasteiger partial charge in [-0.25, -0.2) is 4.98 Å². The van der Waals surface area contributed by atoms with Crippen LogP contribution in [0.25, 0.3) is 42.7 Å². The summed E-state index contributed by atoms with van der Waals surface area (Å²) >= 11 is 1.78. The first kappa shape index (κ1) is 24.1. The maximum atomic E-state index is 5.05. The Kier molecular flexibility index (Phi) is 5.38. The van der Waals surface area contributed by atoms with Gasteiger partial charge in [0.2, 0.25) is 0 Å². The first-order valence-corrected chi connectivity index (χ1v) is 14.9. The second-order valence-corrected chi connectivity index (χ2v) is 12.3. The molecule has 8 rings (SSSR count). The quantitative estimate of drug-likeness (QED) is 0.219. The van der Waals surface area contributed by atoms with Gasteiger partial charge in [0.15, 0.2) is 0 Å². The fourth-order valence-corrected chi connectivity index (χ4v) is 7.32. The molecule has 0 spiro atoms. The molecule has 41 heavy (non-hydrogen) atoms. The third-order valence-electron chi connectivity index (χ3n) is 8.43. The Labute approximate surface area is 244 Å². The van der Waals surface area contributed by atoms with Crippen molar-refractivity contribution < 1.29 is 0 Å². The molecular formula is C38H28N2S. The Bertz CT molecular complexity index is 2020. The van der Waals surface area contributed by atoms with Crippen molar-refractivity contribution in [1.29, 1.82) is 0 Å². The van der Waals surface area contributed by atoms with Gasteiger partial charge in [0.05, 0.1) is 10.2 Å². The normalized spacial score (nSPS) is 13.3. The Morgan fingerprint density at radius 1 is 0.561 bits per heavy atom. The first-order chi connectivity index (χ1) is 20.1. The van der Waals surface area contributed by atoms with E-state index in [-0.39, 0.29) is 5.41 Å². The van der Waals surface area contributed by atoms with Gasteiger partial charge in [-0.2, -0.15) is 0 Å². The lowest BCUT2D eigenvalue weighted by molar-refractivity contribution is 0.662. The minimum absolute atomic E-state index is 0.113. The van der Waals surface area contributed by atoms with Crippen molar-refractivity contribution in [3.8, 4) is 21.7 Å². The van der Waals surface area contributed by atoms with Crippen molar-refractivity contribution in [3.05, 3.63) is 145 Å². The number of hydrogen-bond acceptors (Lipinski definition) is 3. The fraction of sp³-hybridized carbons (Fsp3) is 0.0789. The van der Waals surface area contributed by atoms with Crippen LogP contribution in [0.3, 0.4) is 0 Å². The predicted octanol–water partition coefficient (Wildman–Crippen LogP) is 10.9. The molecule has 3 heteroatoms. The molecule has 2 nitrogen and oxygen atoms in total. The zero-order valence-electron chi connectivity index (χ0n) is 23.0. The van der Waals surface area contributed by atoms with Crippen LogP contribution >= 0.6 is 11.3 Å². The molecule has 0 saturated carbocycles. The third-order valence-corrected chi connectivity index (χ3v) is 9.50. The summed E-state index contributed by atoms with van der Waals surface area (Å²) in [5.41, 5.74) is 11.0. The van der Waals surface area contributed by atoms with Crippen molar-refractivity contribution in [2.24, 2.45) is 0 Å². The Morgan fingerprint density at radius 2 is 1.17 bits per heavy atom. The fourth-order valence-electron chi connectivity index (χ4n) is 6.33. The number of aromatic nitrogens is 1. The number of fused-ring (bicyclic) bond motifs is 5. The molecule has 1 aliphatic carbocycles. The lowest BCUT2D eigenvalue weighted by atomic mass is 9.82. The van der Waals surface area contributed by atoms with E-state index < -0.39 is 0 Å². The summed E-state index contributed by atoms with van der Waals surface area (Å²) in [5.74, 6) is 0. The highest BCUT2D eigenvalue weighted by molar-refractivity contribution is 7.21. The van der Waals surface area contributed by atoms with Crippen LogP contribution in [0.15, 0.2) is 133 Å². The average molecular weight is 545 g/mol. The molecule has 1 heterocycles. The van der Waals surface area contributed by atoms with Gasteiger partial charge in [-0.05, 0) is 93.7 Å². The highest BCUT2D eigenvalue weighted by Gasteiger charge is 2.36. The molecule has 1 aromatic heterocycles. The van der Waals surface area contributed by atoms with Gasteiger partial charge < -0.3 is 4.90 Å². The van der Waals surface area contributed by atoms with Crippen molar-refractivity contribution in [2.75, 3.05) is 4.90 Å². The van der Waals surface area contributed by atoms with E-state index in [4.69, 9.17) is 4.98 Å². The number of nitrogens with zero attached hydrogens (tertiary/aromatic N) is 2.